The summed E-state index contributed by atoms with van der Waals surface area (Å²) in [5, 5.41) is 9.47. The van der Waals surface area contributed by atoms with Gasteiger partial charge >= 0.3 is 5.97 Å². The van der Waals surface area contributed by atoms with Crippen molar-refractivity contribution in [2.24, 2.45) is 0 Å². The van der Waals surface area contributed by atoms with Crippen LogP contribution >= 0.6 is 15.9 Å². The first-order valence-corrected chi connectivity index (χ1v) is 5.00. The number of hydrogen-bond acceptors (Lipinski definition) is 1. The van der Waals surface area contributed by atoms with Crippen LogP contribution in [0.25, 0.3) is 10.9 Å². The fourth-order valence-corrected chi connectivity index (χ4v) is 2.10. The molecule has 0 saturated carbocycles. The fourth-order valence-electron chi connectivity index (χ4n) is 1.56. The van der Waals surface area contributed by atoms with Crippen LogP contribution < -0.4 is 0 Å². The van der Waals surface area contributed by atoms with Gasteiger partial charge in [-0.3, -0.25) is 0 Å². The second kappa shape index (κ2) is 3.34. The van der Waals surface area contributed by atoms with Gasteiger partial charge in [-0.25, -0.2) is 9.18 Å². The topological polar surface area (TPSA) is 53.1 Å². The second-order valence-corrected chi connectivity index (χ2v) is 4.09. The van der Waals surface area contributed by atoms with Crippen molar-refractivity contribution in [1.29, 1.82) is 0 Å². The maximum Gasteiger partial charge on any atom is 0.352 e. The molecule has 0 aliphatic heterocycles. The quantitative estimate of drug-likeness (QED) is 0.838. The number of carboxylic acid groups (broad SMARTS) is 1. The molecule has 0 atom stereocenters. The molecule has 1 aromatic heterocycles. The normalized spacial score (nSPS) is 10.9. The number of fused-ring (bicyclic) bond motifs is 1. The minimum atomic E-state index is -1.05. The van der Waals surface area contributed by atoms with Crippen LogP contribution in [0.5, 0.6) is 0 Å². The summed E-state index contributed by atoms with van der Waals surface area (Å²) in [5.74, 6) is -1.44. The highest BCUT2D eigenvalue weighted by Crippen LogP contribution is 2.29. The average Bonchev–Trinajstić information content (AvgIpc) is 2.44. The second-order valence-electron chi connectivity index (χ2n) is 3.24. The van der Waals surface area contributed by atoms with Crippen LogP contribution in [-0.4, -0.2) is 16.1 Å². The molecule has 0 aliphatic rings. The zero-order chi connectivity index (χ0) is 11.2. The molecule has 3 nitrogen and oxygen atoms in total. The van der Waals surface area contributed by atoms with Gasteiger partial charge in [0, 0.05) is 9.86 Å². The molecule has 78 valence electrons. The largest absolute Gasteiger partial charge is 0.477 e. The van der Waals surface area contributed by atoms with Crippen molar-refractivity contribution in [3.05, 3.63) is 33.7 Å². The molecule has 0 fully saturated rings. The number of halogens is 2. The molecule has 2 rings (SSSR count). The number of carboxylic acids is 1. The summed E-state index contributed by atoms with van der Waals surface area (Å²) in [4.78, 5) is 13.6. The predicted octanol–water partition coefficient (Wildman–Crippen LogP) is 3.08. The van der Waals surface area contributed by atoms with Gasteiger partial charge < -0.3 is 10.1 Å². The van der Waals surface area contributed by atoms with E-state index in [0.29, 0.717) is 20.9 Å². The molecule has 0 amide bonds. The third kappa shape index (κ3) is 1.52. The Kier molecular flexibility index (Phi) is 2.26. The summed E-state index contributed by atoms with van der Waals surface area (Å²) in [6.07, 6.45) is 0. The van der Waals surface area contributed by atoms with Gasteiger partial charge in [-0.1, -0.05) is 0 Å². The highest BCUT2D eigenvalue weighted by atomic mass is 79.9. The van der Waals surface area contributed by atoms with Gasteiger partial charge in [-0.15, -0.1) is 0 Å². The summed E-state index contributed by atoms with van der Waals surface area (Å²) in [7, 11) is 0. The minimum absolute atomic E-state index is 0.0938. The van der Waals surface area contributed by atoms with Gasteiger partial charge in [-0.05, 0) is 40.5 Å². The van der Waals surface area contributed by atoms with Crippen LogP contribution in [0.2, 0.25) is 0 Å². The maximum absolute atomic E-state index is 13.1. The molecule has 2 aromatic rings. The number of nitrogens with one attached hydrogen (secondary N) is 1. The summed E-state index contributed by atoms with van der Waals surface area (Å²) < 4.78 is 13.6. The standard InChI is InChI=1S/C10H7BrFNO2/c1-4-6-2-5(12)3-7(11)9(6)13-8(4)10(14)15/h2-3,13H,1H3,(H,14,15). The van der Waals surface area contributed by atoms with Crippen molar-refractivity contribution < 1.29 is 14.3 Å². The Bertz CT molecular complexity index is 562. The number of aromatic carboxylic acids is 1. The number of rotatable bonds is 1. The number of aromatic nitrogens is 1. The number of benzene rings is 1. The van der Waals surface area contributed by atoms with Crippen molar-refractivity contribution in [1.82, 2.24) is 4.98 Å². The highest BCUT2D eigenvalue weighted by molar-refractivity contribution is 9.10. The van der Waals surface area contributed by atoms with E-state index in [1.165, 1.54) is 12.1 Å². The van der Waals surface area contributed by atoms with Gasteiger partial charge in [0.1, 0.15) is 11.5 Å². The van der Waals surface area contributed by atoms with Gasteiger partial charge in [0.15, 0.2) is 0 Å². The zero-order valence-electron chi connectivity index (χ0n) is 7.77. The van der Waals surface area contributed by atoms with E-state index in [0.717, 1.165) is 0 Å². The molecule has 1 aromatic carbocycles. The Morgan fingerprint density at radius 3 is 2.80 bits per heavy atom. The first-order chi connectivity index (χ1) is 7.00. The van der Waals surface area contributed by atoms with Crippen molar-refractivity contribution in [2.45, 2.75) is 6.92 Å². The molecule has 0 radical (unpaired) electrons. The molecule has 15 heavy (non-hydrogen) atoms. The molecule has 0 unspecified atom stereocenters. The van der Waals surface area contributed by atoms with E-state index in [9.17, 15) is 9.18 Å². The van der Waals surface area contributed by atoms with Crippen LogP contribution in [0.3, 0.4) is 0 Å². The number of hydrogen-bond donors (Lipinski definition) is 2. The van der Waals surface area contributed by atoms with E-state index < -0.39 is 11.8 Å². The summed E-state index contributed by atoms with van der Waals surface area (Å²) in [6.45, 7) is 1.65. The Morgan fingerprint density at radius 1 is 1.53 bits per heavy atom. The lowest BCUT2D eigenvalue weighted by atomic mass is 10.1. The SMILES string of the molecule is Cc1c(C(=O)O)[nH]c2c(Br)cc(F)cc12. The van der Waals surface area contributed by atoms with Crippen LogP contribution in [0, 0.1) is 12.7 Å². The van der Waals surface area contributed by atoms with E-state index in [2.05, 4.69) is 20.9 Å². The van der Waals surface area contributed by atoms with Crippen molar-refractivity contribution >= 4 is 32.8 Å². The fraction of sp³-hybridized carbons (Fsp3) is 0.100. The Morgan fingerprint density at radius 2 is 2.20 bits per heavy atom. The third-order valence-corrected chi connectivity index (χ3v) is 2.92. The smallest absolute Gasteiger partial charge is 0.352 e. The van der Waals surface area contributed by atoms with Crippen LogP contribution in [-0.2, 0) is 0 Å². The van der Waals surface area contributed by atoms with E-state index in [1.54, 1.807) is 6.92 Å². The van der Waals surface area contributed by atoms with Crippen molar-refractivity contribution in [2.75, 3.05) is 0 Å². The molecule has 0 bridgehead atoms. The predicted molar refractivity (Wildman–Crippen MR) is 57.7 cm³/mol. The lowest BCUT2D eigenvalue weighted by Crippen LogP contribution is -1.98. The minimum Gasteiger partial charge on any atom is -0.477 e. The molecule has 0 spiro atoms. The van der Waals surface area contributed by atoms with E-state index >= 15 is 0 Å². The van der Waals surface area contributed by atoms with Crippen LogP contribution in [0.15, 0.2) is 16.6 Å². The molecule has 0 aliphatic carbocycles. The number of aryl methyl sites for hydroxylation is 1. The number of carbonyl (C=O) groups is 1. The Hall–Kier alpha value is -1.36. The average molecular weight is 272 g/mol. The van der Waals surface area contributed by atoms with Crippen LogP contribution in [0.1, 0.15) is 16.1 Å². The summed E-state index contributed by atoms with van der Waals surface area (Å²) in [5.41, 5.74) is 1.24. The van der Waals surface area contributed by atoms with Crippen molar-refractivity contribution in [3.8, 4) is 0 Å². The van der Waals surface area contributed by atoms with Gasteiger partial charge in [0.2, 0.25) is 0 Å². The number of aromatic amines is 1. The molecule has 5 heteroatoms. The first-order valence-electron chi connectivity index (χ1n) is 4.21. The monoisotopic (exact) mass is 271 g/mol. The van der Waals surface area contributed by atoms with Crippen molar-refractivity contribution in [3.63, 3.8) is 0 Å². The number of H-pyrrole nitrogens is 1. The molecule has 0 saturated heterocycles. The molecular weight excluding hydrogens is 265 g/mol. The zero-order valence-corrected chi connectivity index (χ0v) is 9.35. The van der Waals surface area contributed by atoms with Gasteiger partial charge in [0.05, 0.1) is 5.52 Å². The summed E-state index contributed by atoms with van der Waals surface area (Å²) in [6, 6.07) is 2.61. The van der Waals surface area contributed by atoms with E-state index in [1.807, 2.05) is 0 Å². The van der Waals surface area contributed by atoms with Gasteiger partial charge in [0.25, 0.3) is 0 Å². The third-order valence-electron chi connectivity index (χ3n) is 2.30. The Labute approximate surface area is 93.0 Å². The van der Waals surface area contributed by atoms with Gasteiger partial charge in [-0.2, -0.15) is 0 Å². The Balaban J connectivity index is 2.88. The lowest BCUT2D eigenvalue weighted by molar-refractivity contribution is 0.0691. The first kappa shape index (κ1) is 10.2. The lowest BCUT2D eigenvalue weighted by Gasteiger charge is -1.95. The molecular formula is C10H7BrFNO2. The highest BCUT2D eigenvalue weighted by Gasteiger charge is 2.15. The van der Waals surface area contributed by atoms with E-state index in [4.69, 9.17) is 5.11 Å². The van der Waals surface area contributed by atoms with Crippen LogP contribution in [0.4, 0.5) is 4.39 Å². The molecule has 1 heterocycles. The summed E-state index contributed by atoms with van der Waals surface area (Å²) >= 11 is 3.18. The molecule has 2 N–H and O–H groups in total. The maximum atomic E-state index is 13.1. The van der Waals surface area contributed by atoms with E-state index in [-0.39, 0.29) is 5.69 Å².